The minimum atomic E-state index is 0.512. The van der Waals surface area contributed by atoms with Crippen LogP contribution in [0.5, 0.6) is 5.75 Å². The molecule has 0 amide bonds. The SMILES string of the molecule is CCCN(CC)CCNCC1COc2ccccc21. The number of hydrogen-bond acceptors (Lipinski definition) is 3. The first-order valence-corrected chi connectivity index (χ1v) is 7.50. The van der Waals surface area contributed by atoms with Gasteiger partial charge in [-0.05, 0) is 25.6 Å². The van der Waals surface area contributed by atoms with E-state index in [2.05, 4.69) is 42.3 Å². The number of nitrogens with one attached hydrogen (secondary N) is 1. The molecule has 0 fully saturated rings. The molecule has 106 valence electrons. The Labute approximate surface area is 116 Å². The fourth-order valence-electron chi connectivity index (χ4n) is 2.66. The molecular weight excluding hydrogens is 236 g/mol. The third kappa shape index (κ3) is 3.95. The molecule has 0 aromatic heterocycles. The van der Waals surface area contributed by atoms with E-state index >= 15 is 0 Å². The monoisotopic (exact) mass is 262 g/mol. The summed E-state index contributed by atoms with van der Waals surface area (Å²) in [4.78, 5) is 2.49. The van der Waals surface area contributed by atoms with Gasteiger partial charge in [-0.15, -0.1) is 0 Å². The predicted molar refractivity (Wildman–Crippen MR) is 80.0 cm³/mol. The average Bonchev–Trinajstić information content (AvgIpc) is 2.85. The lowest BCUT2D eigenvalue weighted by molar-refractivity contribution is 0.283. The van der Waals surface area contributed by atoms with Gasteiger partial charge in [0.1, 0.15) is 5.75 Å². The number of likely N-dealkylation sites (N-methyl/N-ethyl adjacent to an activating group) is 1. The first-order valence-electron chi connectivity index (χ1n) is 7.50. The number of nitrogens with zero attached hydrogens (tertiary/aromatic N) is 1. The molecule has 2 rings (SSSR count). The molecule has 0 bridgehead atoms. The van der Waals surface area contributed by atoms with Gasteiger partial charge in [0.15, 0.2) is 0 Å². The van der Waals surface area contributed by atoms with E-state index in [1.165, 1.54) is 18.5 Å². The lowest BCUT2D eigenvalue weighted by Crippen LogP contribution is -2.34. The van der Waals surface area contributed by atoms with E-state index in [9.17, 15) is 0 Å². The molecule has 1 heterocycles. The van der Waals surface area contributed by atoms with Crippen LogP contribution in [0.3, 0.4) is 0 Å². The van der Waals surface area contributed by atoms with Crippen LogP contribution in [0.1, 0.15) is 31.7 Å². The summed E-state index contributed by atoms with van der Waals surface area (Å²) in [6.45, 7) is 10.9. The van der Waals surface area contributed by atoms with E-state index in [1.807, 2.05) is 6.07 Å². The van der Waals surface area contributed by atoms with Crippen molar-refractivity contribution in [1.29, 1.82) is 0 Å². The highest BCUT2D eigenvalue weighted by atomic mass is 16.5. The maximum Gasteiger partial charge on any atom is 0.122 e. The van der Waals surface area contributed by atoms with Gasteiger partial charge in [-0.1, -0.05) is 32.0 Å². The predicted octanol–water partition coefficient (Wildman–Crippen LogP) is 2.48. The molecule has 3 nitrogen and oxygen atoms in total. The van der Waals surface area contributed by atoms with Crippen molar-refractivity contribution >= 4 is 0 Å². The van der Waals surface area contributed by atoms with E-state index in [4.69, 9.17) is 4.74 Å². The maximum atomic E-state index is 5.70. The number of ether oxygens (including phenoxy) is 1. The Morgan fingerprint density at radius 2 is 2.11 bits per heavy atom. The van der Waals surface area contributed by atoms with Gasteiger partial charge in [0.05, 0.1) is 6.61 Å². The third-order valence-corrected chi connectivity index (χ3v) is 3.78. The molecule has 19 heavy (non-hydrogen) atoms. The van der Waals surface area contributed by atoms with E-state index in [1.54, 1.807) is 0 Å². The van der Waals surface area contributed by atoms with Crippen molar-refractivity contribution in [2.24, 2.45) is 0 Å². The van der Waals surface area contributed by atoms with Crippen molar-refractivity contribution in [2.75, 3.05) is 39.3 Å². The summed E-state index contributed by atoms with van der Waals surface area (Å²) in [6.07, 6.45) is 1.23. The summed E-state index contributed by atoms with van der Waals surface area (Å²) in [5.41, 5.74) is 1.36. The van der Waals surface area contributed by atoms with E-state index in [-0.39, 0.29) is 0 Å². The van der Waals surface area contributed by atoms with Crippen molar-refractivity contribution in [1.82, 2.24) is 10.2 Å². The number of rotatable bonds is 8. The molecule has 0 saturated carbocycles. The Morgan fingerprint density at radius 1 is 1.26 bits per heavy atom. The highest BCUT2D eigenvalue weighted by Gasteiger charge is 2.22. The normalized spacial score (nSPS) is 17.5. The van der Waals surface area contributed by atoms with Crippen LogP contribution < -0.4 is 10.1 Å². The Balaban J connectivity index is 1.70. The minimum Gasteiger partial charge on any atom is -0.493 e. The average molecular weight is 262 g/mol. The van der Waals surface area contributed by atoms with E-state index in [0.717, 1.165) is 38.5 Å². The molecule has 1 N–H and O–H groups in total. The van der Waals surface area contributed by atoms with Gasteiger partial charge in [0, 0.05) is 31.1 Å². The van der Waals surface area contributed by atoms with Crippen molar-refractivity contribution in [3.05, 3.63) is 29.8 Å². The molecular formula is C16H26N2O. The Bertz CT molecular complexity index is 381. The molecule has 1 aliphatic rings. The molecule has 1 aliphatic heterocycles. The summed E-state index contributed by atoms with van der Waals surface area (Å²) >= 11 is 0. The van der Waals surface area contributed by atoms with Crippen LogP contribution in [0.15, 0.2) is 24.3 Å². The van der Waals surface area contributed by atoms with Crippen LogP contribution in [0, 0.1) is 0 Å². The van der Waals surface area contributed by atoms with Crippen LogP contribution >= 0.6 is 0 Å². The van der Waals surface area contributed by atoms with Crippen molar-refractivity contribution in [3.8, 4) is 5.75 Å². The molecule has 1 atom stereocenters. The van der Waals surface area contributed by atoms with Gasteiger partial charge in [-0.25, -0.2) is 0 Å². The van der Waals surface area contributed by atoms with Gasteiger partial charge in [0.25, 0.3) is 0 Å². The number of fused-ring (bicyclic) bond motifs is 1. The summed E-state index contributed by atoms with van der Waals surface area (Å²) in [5, 5.41) is 3.57. The van der Waals surface area contributed by atoms with Gasteiger partial charge >= 0.3 is 0 Å². The Morgan fingerprint density at radius 3 is 2.89 bits per heavy atom. The lowest BCUT2D eigenvalue weighted by atomic mass is 10.0. The molecule has 0 radical (unpaired) electrons. The minimum absolute atomic E-state index is 0.512. The van der Waals surface area contributed by atoms with Gasteiger partial charge < -0.3 is 15.0 Å². The lowest BCUT2D eigenvalue weighted by Gasteiger charge is -2.20. The Kier molecular flexibility index (Phi) is 5.67. The second kappa shape index (κ2) is 7.51. The topological polar surface area (TPSA) is 24.5 Å². The molecule has 1 aromatic rings. The molecule has 0 saturated heterocycles. The van der Waals surface area contributed by atoms with E-state index < -0.39 is 0 Å². The van der Waals surface area contributed by atoms with Crippen LogP contribution in [-0.4, -0.2) is 44.2 Å². The quantitative estimate of drug-likeness (QED) is 0.728. The molecule has 1 unspecified atom stereocenters. The first-order chi connectivity index (χ1) is 9.35. The van der Waals surface area contributed by atoms with Crippen molar-refractivity contribution in [2.45, 2.75) is 26.2 Å². The standard InChI is InChI=1S/C16H26N2O/c1-3-10-18(4-2)11-9-17-12-14-13-19-16-8-6-5-7-15(14)16/h5-8,14,17H,3-4,9-13H2,1-2H3. The molecule has 0 spiro atoms. The summed E-state index contributed by atoms with van der Waals surface area (Å²) in [7, 11) is 0. The highest BCUT2D eigenvalue weighted by Crippen LogP contribution is 2.32. The summed E-state index contributed by atoms with van der Waals surface area (Å²) < 4.78 is 5.70. The number of benzene rings is 1. The van der Waals surface area contributed by atoms with Gasteiger partial charge in [-0.3, -0.25) is 0 Å². The third-order valence-electron chi connectivity index (χ3n) is 3.78. The zero-order valence-corrected chi connectivity index (χ0v) is 12.2. The molecule has 1 aromatic carbocycles. The maximum absolute atomic E-state index is 5.70. The van der Waals surface area contributed by atoms with Crippen molar-refractivity contribution in [3.63, 3.8) is 0 Å². The molecule has 0 aliphatic carbocycles. The van der Waals surface area contributed by atoms with E-state index in [0.29, 0.717) is 5.92 Å². The Hall–Kier alpha value is -1.06. The number of hydrogen-bond donors (Lipinski definition) is 1. The van der Waals surface area contributed by atoms with Gasteiger partial charge in [0.2, 0.25) is 0 Å². The molecule has 3 heteroatoms. The highest BCUT2D eigenvalue weighted by molar-refractivity contribution is 5.39. The fourth-order valence-corrected chi connectivity index (χ4v) is 2.66. The van der Waals surface area contributed by atoms with Crippen LogP contribution in [0.2, 0.25) is 0 Å². The first kappa shape index (κ1) is 14.4. The largest absolute Gasteiger partial charge is 0.493 e. The number of para-hydroxylation sites is 1. The van der Waals surface area contributed by atoms with Crippen LogP contribution in [0.25, 0.3) is 0 Å². The smallest absolute Gasteiger partial charge is 0.122 e. The zero-order valence-electron chi connectivity index (χ0n) is 12.2. The second-order valence-corrected chi connectivity index (χ2v) is 5.18. The second-order valence-electron chi connectivity index (χ2n) is 5.18. The fraction of sp³-hybridized carbons (Fsp3) is 0.625. The van der Waals surface area contributed by atoms with Crippen molar-refractivity contribution < 1.29 is 4.74 Å². The summed E-state index contributed by atoms with van der Waals surface area (Å²) in [5.74, 6) is 1.58. The zero-order chi connectivity index (χ0) is 13.5. The summed E-state index contributed by atoms with van der Waals surface area (Å²) in [6, 6.07) is 8.39. The van der Waals surface area contributed by atoms with Crippen LogP contribution in [-0.2, 0) is 0 Å². The van der Waals surface area contributed by atoms with Gasteiger partial charge in [-0.2, -0.15) is 0 Å². The van der Waals surface area contributed by atoms with Crippen LogP contribution in [0.4, 0.5) is 0 Å².